The van der Waals surface area contributed by atoms with Gasteiger partial charge in [-0.3, -0.25) is 0 Å². The fourth-order valence-electron chi connectivity index (χ4n) is 1.56. The van der Waals surface area contributed by atoms with Crippen molar-refractivity contribution in [3.8, 4) is 0 Å². The van der Waals surface area contributed by atoms with Crippen LogP contribution >= 0.6 is 15.9 Å². The van der Waals surface area contributed by atoms with E-state index in [0.29, 0.717) is 12.1 Å². The van der Waals surface area contributed by atoms with Crippen LogP contribution in [0.15, 0.2) is 28.7 Å². The Kier molecular flexibility index (Phi) is 5.82. The average molecular weight is 329 g/mol. The summed E-state index contributed by atoms with van der Waals surface area (Å²) in [6.07, 6.45) is 0.675. The van der Waals surface area contributed by atoms with E-state index in [1.165, 1.54) is 0 Å². The van der Waals surface area contributed by atoms with Crippen LogP contribution in [0.4, 0.5) is 10.5 Å². The van der Waals surface area contributed by atoms with Crippen LogP contribution < -0.4 is 10.6 Å². The summed E-state index contributed by atoms with van der Waals surface area (Å²) in [5, 5.41) is 14.2. The van der Waals surface area contributed by atoms with Gasteiger partial charge in [-0.15, -0.1) is 0 Å². The fourth-order valence-corrected chi connectivity index (χ4v) is 1.96. The Hall–Kier alpha value is -1.56. The van der Waals surface area contributed by atoms with Crippen molar-refractivity contribution in [1.82, 2.24) is 5.32 Å². The molecular formula is C13H17BrN2O3. The monoisotopic (exact) mass is 328 g/mol. The largest absolute Gasteiger partial charge is 0.480 e. The van der Waals surface area contributed by atoms with Gasteiger partial charge in [0.2, 0.25) is 0 Å². The number of urea groups is 1. The molecule has 5 nitrogen and oxygen atoms in total. The number of hydrogen-bond acceptors (Lipinski definition) is 2. The van der Waals surface area contributed by atoms with Gasteiger partial charge in [0, 0.05) is 10.2 Å². The highest BCUT2D eigenvalue weighted by Gasteiger charge is 2.25. The molecule has 0 saturated carbocycles. The fraction of sp³-hybridized carbons (Fsp3) is 0.385. The number of carbonyl (C=O) groups is 2. The van der Waals surface area contributed by atoms with E-state index in [1.807, 2.05) is 13.0 Å². The van der Waals surface area contributed by atoms with Crippen LogP contribution in [0.5, 0.6) is 0 Å². The van der Waals surface area contributed by atoms with Crippen molar-refractivity contribution in [3.05, 3.63) is 28.7 Å². The van der Waals surface area contributed by atoms with E-state index in [1.54, 1.807) is 25.1 Å². The molecule has 0 aliphatic heterocycles. The Morgan fingerprint density at radius 1 is 1.42 bits per heavy atom. The summed E-state index contributed by atoms with van der Waals surface area (Å²) in [6.45, 7) is 3.67. The summed E-state index contributed by atoms with van der Waals surface area (Å²) < 4.78 is 0.835. The molecule has 6 heteroatoms. The molecule has 1 unspecified atom stereocenters. The average Bonchev–Trinajstić information content (AvgIpc) is 2.34. The smallest absolute Gasteiger partial charge is 0.326 e. The lowest BCUT2D eigenvalue weighted by atomic mass is 9.99. The van der Waals surface area contributed by atoms with Crippen LogP contribution in [0.2, 0.25) is 0 Å². The SMILES string of the molecule is CCC(C)[C@@H](NC(=O)Nc1cccc(Br)c1)C(=O)O. The molecule has 104 valence electrons. The maximum Gasteiger partial charge on any atom is 0.326 e. The third-order valence-corrected chi connectivity index (χ3v) is 3.34. The number of carbonyl (C=O) groups excluding carboxylic acids is 1. The van der Waals surface area contributed by atoms with Gasteiger partial charge in [-0.05, 0) is 24.1 Å². The zero-order chi connectivity index (χ0) is 14.4. The molecular weight excluding hydrogens is 312 g/mol. The summed E-state index contributed by atoms with van der Waals surface area (Å²) >= 11 is 3.29. The highest BCUT2D eigenvalue weighted by molar-refractivity contribution is 9.10. The Bertz CT molecular complexity index is 465. The van der Waals surface area contributed by atoms with Gasteiger partial charge < -0.3 is 15.7 Å². The van der Waals surface area contributed by atoms with Crippen LogP contribution in [-0.2, 0) is 4.79 Å². The number of anilines is 1. The molecule has 0 spiro atoms. The molecule has 0 heterocycles. The molecule has 0 aliphatic rings. The van der Waals surface area contributed by atoms with Crippen LogP contribution in [0, 0.1) is 5.92 Å². The van der Waals surface area contributed by atoms with E-state index >= 15 is 0 Å². The minimum atomic E-state index is -1.03. The van der Waals surface area contributed by atoms with E-state index in [-0.39, 0.29) is 5.92 Å². The van der Waals surface area contributed by atoms with E-state index < -0.39 is 18.0 Å². The quantitative estimate of drug-likeness (QED) is 0.777. The first-order chi connectivity index (χ1) is 8.93. The number of rotatable bonds is 5. The topological polar surface area (TPSA) is 78.4 Å². The Balaban J connectivity index is 2.65. The van der Waals surface area contributed by atoms with Crippen molar-refractivity contribution in [1.29, 1.82) is 0 Å². The molecule has 0 fully saturated rings. The molecule has 0 aliphatic carbocycles. The first-order valence-corrected chi connectivity index (χ1v) is 6.79. The number of halogens is 1. The van der Waals surface area contributed by atoms with Gasteiger partial charge >= 0.3 is 12.0 Å². The minimum absolute atomic E-state index is 0.134. The first-order valence-electron chi connectivity index (χ1n) is 6.00. The van der Waals surface area contributed by atoms with Gasteiger partial charge in [-0.1, -0.05) is 42.3 Å². The standard InChI is InChI=1S/C13H17BrN2O3/c1-3-8(2)11(12(17)18)16-13(19)15-10-6-4-5-9(14)7-10/h4-8,11H,3H2,1-2H3,(H,17,18)(H2,15,16,19)/t8?,11-/m1/s1. The molecule has 1 rings (SSSR count). The maximum absolute atomic E-state index is 11.8. The Morgan fingerprint density at radius 3 is 2.63 bits per heavy atom. The van der Waals surface area contributed by atoms with E-state index in [2.05, 4.69) is 26.6 Å². The van der Waals surface area contributed by atoms with Crippen molar-refractivity contribution in [2.45, 2.75) is 26.3 Å². The van der Waals surface area contributed by atoms with Gasteiger partial charge in [0.25, 0.3) is 0 Å². The highest BCUT2D eigenvalue weighted by atomic mass is 79.9. The summed E-state index contributed by atoms with van der Waals surface area (Å²) in [7, 11) is 0. The van der Waals surface area contributed by atoms with E-state index in [0.717, 1.165) is 4.47 Å². The van der Waals surface area contributed by atoms with Gasteiger partial charge in [0.1, 0.15) is 6.04 Å². The lowest BCUT2D eigenvalue weighted by molar-refractivity contribution is -0.140. The summed E-state index contributed by atoms with van der Waals surface area (Å²) in [4.78, 5) is 22.9. The van der Waals surface area contributed by atoms with Crippen molar-refractivity contribution < 1.29 is 14.7 Å². The lowest BCUT2D eigenvalue weighted by Gasteiger charge is -2.20. The molecule has 19 heavy (non-hydrogen) atoms. The van der Waals surface area contributed by atoms with Gasteiger partial charge in [0.05, 0.1) is 0 Å². The number of nitrogens with one attached hydrogen (secondary N) is 2. The molecule has 0 radical (unpaired) electrons. The van der Waals surface area contributed by atoms with Crippen molar-refractivity contribution in [2.75, 3.05) is 5.32 Å². The number of aliphatic carboxylic acids is 1. The molecule has 0 bridgehead atoms. The molecule has 3 N–H and O–H groups in total. The summed E-state index contributed by atoms with van der Waals surface area (Å²) in [5.74, 6) is -1.16. The predicted octanol–water partition coefficient (Wildman–Crippen LogP) is 3.07. The number of hydrogen-bond donors (Lipinski definition) is 3. The zero-order valence-corrected chi connectivity index (χ0v) is 12.4. The molecule has 1 aromatic rings. The lowest BCUT2D eigenvalue weighted by Crippen LogP contribution is -2.46. The summed E-state index contributed by atoms with van der Waals surface area (Å²) in [5.41, 5.74) is 0.597. The van der Waals surface area contributed by atoms with Gasteiger partial charge in [-0.2, -0.15) is 0 Å². The number of carboxylic acids is 1. The van der Waals surface area contributed by atoms with Crippen LogP contribution in [-0.4, -0.2) is 23.1 Å². The number of carboxylic acid groups (broad SMARTS) is 1. The molecule has 1 aromatic carbocycles. The van der Waals surface area contributed by atoms with Crippen LogP contribution in [0.3, 0.4) is 0 Å². The third kappa shape index (κ3) is 4.90. The van der Waals surface area contributed by atoms with Gasteiger partial charge in [-0.25, -0.2) is 9.59 Å². The highest BCUT2D eigenvalue weighted by Crippen LogP contribution is 2.15. The number of amides is 2. The summed E-state index contributed by atoms with van der Waals surface area (Å²) in [6, 6.07) is 5.66. The van der Waals surface area contributed by atoms with Crippen molar-refractivity contribution in [3.63, 3.8) is 0 Å². The second-order valence-electron chi connectivity index (χ2n) is 4.31. The predicted molar refractivity (Wildman–Crippen MR) is 77.2 cm³/mol. The van der Waals surface area contributed by atoms with E-state index in [4.69, 9.17) is 5.11 Å². The maximum atomic E-state index is 11.8. The molecule has 0 aromatic heterocycles. The van der Waals surface area contributed by atoms with Crippen LogP contribution in [0.25, 0.3) is 0 Å². The number of benzene rings is 1. The normalized spacial score (nSPS) is 13.4. The minimum Gasteiger partial charge on any atom is -0.480 e. The molecule has 2 atom stereocenters. The zero-order valence-electron chi connectivity index (χ0n) is 10.8. The second kappa shape index (κ2) is 7.13. The van der Waals surface area contributed by atoms with E-state index in [9.17, 15) is 9.59 Å². The molecule has 2 amide bonds. The Labute approximate surface area is 120 Å². The first kappa shape index (κ1) is 15.5. The van der Waals surface area contributed by atoms with Crippen LogP contribution in [0.1, 0.15) is 20.3 Å². The third-order valence-electron chi connectivity index (χ3n) is 2.85. The van der Waals surface area contributed by atoms with Gasteiger partial charge in [0.15, 0.2) is 0 Å². The second-order valence-corrected chi connectivity index (χ2v) is 5.23. The van der Waals surface area contributed by atoms with Crippen molar-refractivity contribution in [2.24, 2.45) is 5.92 Å². The molecule has 0 saturated heterocycles. The van der Waals surface area contributed by atoms with Crippen molar-refractivity contribution >= 4 is 33.6 Å². The Morgan fingerprint density at radius 2 is 2.11 bits per heavy atom.